The van der Waals surface area contributed by atoms with Crippen LogP contribution in [0.3, 0.4) is 0 Å². The highest BCUT2D eigenvalue weighted by atomic mass is 19.1. The highest BCUT2D eigenvalue weighted by Gasteiger charge is 2.27. The predicted octanol–water partition coefficient (Wildman–Crippen LogP) is 3.61. The predicted molar refractivity (Wildman–Crippen MR) is 123 cm³/mol. The molecule has 1 amide bonds. The van der Waals surface area contributed by atoms with Gasteiger partial charge in [-0.25, -0.2) is 9.18 Å². The molecule has 0 spiro atoms. The number of halogens is 1. The van der Waals surface area contributed by atoms with E-state index in [9.17, 15) is 14.0 Å². The van der Waals surface area contributed by atoms with E-state index >= 15 is 0 Å². The lowest BCUT2D eigenvalue weighted by molar-refractivity contribution is -0.132. The average Bonchev–Trinajstić information content (AvgIpc) is 3.17. The number of benzene rings is 2. The second-order valence-electron chi connectivity index (χ2n) is 9.05. The Hall–Kier alpha value is -2.93. The molecule has 4 rings (SSSR count). The Morgan fingerprint density at radius 3 is 2.61 bits per heavy atom. The maximum absolute atomic E-state index is 14.3. The second kappa shape index (κ2) is 9.51. The molecule has 176 valence electrons. The number of ether oxygens (including phenoxy) is 2. The van der Waals surface area contributed by atoms with E-state index in [1.54, 1.807) is 20.1 Å². The van der Waals surface area contributed by atoms with Crippen molar-refractivity contribution in [2.75, 3.05) is 39.8 Å². The molecule has 2 aromatic rings. The number of aryl methyl sites for hydroxylation is 1. The van der Waals surface area contributed by atoms with Crippen molar-refractivity contribution < 1.29 is 23.5 Å². The zero-order chi connectivity index (χ0) is 23.7. The van der Waals surface area contributed by atoms with Crippen molar-refractivity contribution in [2.24, 2.45) is 0 Å². The van der Waals surface area contributed by atoms with Crippen molar-refractivity contribution >= 4 is 11.9 Å². The van der Waals surface area contributed by atoms with Crippen molar-refractivity contribution in [2.45, 2.75) is 39.7 Å². The van der Waals surface area contributed by atoms with Gasteiger partial charge in [0.2, 0.25) is 5.91 Å². The molecule has 2 heterocycles. The number of hydrogen-bond acceptors (Lipinski definition) is 5. The Kier molecular flexibility index (Phi) is 6.70. The normalized spacial score (nSPS) is 17.0. The van der Waals surface area contributed by atoms with E-state index in [4.69, 9.17) is 9.47 Å². The van der Waals surface area contributed by atoms with Crippen LogP contribution in [0.25, 0.3) is 0 Å². The molecule has 0 saturated carbocycles. The first-order valence-corrected chi connectivity index (χ1v) is 11.4. The van der Waals surface area contributed by atoms with Gasteiger partial charge in [0, 0.05) is 43.9 Å². The number of cyclic esters (lactones) is 1. The molecule has 33 heavy (non-hydrogen) atoms. The van der Waals surface area contributed by atoms with Crippen LogP contribution in [-0.2, 0) is 22.6 Å². The Morgan fingerprint density at radius 2 is 1.91 bits per heavy atom. The van der Waals surface area contributed by atoms with Crippen LogP contribution in [0, 0.1) is 19.7 Å². The van der Waals surface area contributed by atoms with Crippen LogP contribution in [0.4, 0.5) is 4.39 Å². The van der Waals surface area contributed by atoms with Crippen LogP contribution in [0.5, 0.6) is 5.75 Å². The number of rotatable bonds is 6. The maximum atomic E-state index is 14.3. The van der Waals surface area contributed by atoms with Gasteiger partial charge in [0.15, 0.2) is 0 Å². The summed E-state index contributed by atoms with van der Waals surface area (Å²) in [6, 6.07) is 6.96. The molecule has 1 fully saturated rings. The number of carbonyl (C=O) groups excluding carboxylic acids is 2. The first-order chi connectivity index (χ1) is 15.8. The number of nitrogens with zero attached hydrogens (tertiary/aromatic N) is 2. The fourth-order valence-electron chi connectivity index (χ4n) is 4.89. The number of piperazine rings is 1. The Balaban J connectivity index is 1.33. The molecule has 0 aliphatic carbocycles. The van der Waals surface area contributed by atoms with Crippen LogP contribution in [0.15, 0.2) is 24.3 Å². The van der Waals surface area contributed by atoms with Gasteiger partial charge in [-0.05, 0) is 54.7 Å². The zero-order valence-electron chi connectivity index (χ0n) is 19.7. The van der Waals surface area contributed by atoms with E-state index in [-0.39, 0.29) is 24.1 Å². The summed E-state index contributed by atoms with van der Waals surface area (Å²) in [5.41, 5.74) is 5.13. The van der Waals surface area contributed by atoms with Crippen molar-refractivity contribution in [1.29, 1.82) is 0 Å². The van der Waals surface area contributed by atoms with Gasteiger partial charge in [0.25, 0.3) is 0 Å². The van der Waals surface area contributed by atoms with Crippen molar-refractivity contribution in [3.8, 4) is 5.75 Å². The number of fused-ring (bicyclic) bond motifs is 1. The van der Waals surface area contributed by atoms with Crippen molar-refractivity contribution in [3.05, 3.63) is 63.5 Å². The van der Waals surface area contributed by atoms with E-state index < -0.39 is 0 Å². The van der Waals surface area contributed by atoms with Crippen molar-refractivity contribution in [1.82, 2.24) is 9.80 Å². The summed E-state index contributed by atoms with van der Waals surface area (Å²) in [4.78, 5) is 28.8. The summed E-state index contributed by atoms with van der Waals surface area (Å²) in [6.07, 6.45) is 0.0357. The minimum absolute atomic E-state index is 0.0357. The Morgan fingerprint density at radius 1 is 1.18 bits per heavy atom. The van der Waals surface area contributed by atoms with Gasteiger partial charge in [-0.2, -0.15) is 0 Å². The minimum atomic E-state index is -0.370. The fraction of sp³-hybridized carbons (Fsp3) is 0.462. The van der Waals surface area contributed by atoms with Gasteiger partial charge in [-0.15, -0.1) is 0 Å². The lowest BCUT2D eigenvalue weighted by atomic mass is 9.90. The van der Waals surface area contributed by atoms with Gasteiger partial charge in [0.05, 0.1) is 19.1 Å². The summed E-state index contributed by atoms with van der Waals surface area (Å²) in [5.74, 6) is 0.216. The number of methoxy groups -OCH3 is 1. The quantitative estimate of drug-likeness (QED) is 0.624. The summed E-state index contributed by atoms with van der Waals surface area (Å²) in [7, 11) is 1.55. The topological polar surface area (TPSA) is 59.1 Å². The number of hydrogen-bond donors (Lipinski definition) is 0. The monoisotopic (exact) mass is 454 g/mol. The first-order valence-electron chi connectivity index (χ1n) is 11.4. The first kappa shape index (κ1) is 23.2. The molecule has 0 radical (unpaired) electrons. The molecule has 1 saturated heterocycles. The molecule has 0 bridgehead atoms. The van der Waals surface area contributed by atoms with E-state index in [1.165, 1.54) is 11.6 Å². The molecule has 2 aromatic carbocycles. The third-order valence-electron chi connectivity index (χ3n) is 6.90. The molecule has 1 atom stereocenters. The summed E-state index contributed by atoms with van der Waals surface area (Å²) in [6.45, 7) is 10.1. The highest BCUT2D eigenvalue weighted by Crippen LogP contribution is 2.30. The minimum Gasteiger partial charge on any atom is -0.496 e. The molecule has 0 aromatic heterocycles. The lowest BCUT2D eigenvalue weighted by Gasteiger charge is -2.36. The molecule has 6 nitrogen and oxygen atoms in total. The van der Waals surface area contributed by atoms with Crippen molar-refractivity contribution in [3.63, 3.8) is 0 Å². The number of amides is 1. The number of carbonyl (C=O) groups is 2. The molecule has 2 aliphatic rings. The molecule has 7 heteroatoms. The van der Waals surface area contributed by atoms with Gasteiger partial charge in [-0.3, -0.25) is 9.69 Å². The van der Waals surface area contributed by atoms with Gasteiger partial charge in [-0.1, -0.05) is 13.0 Å². The molecule has 1 unspecified atom stereocenters. The Bertz CT molecular complexity index is 1080. The summed E-state index contributed by atoms with van der Waals surface area (Å²) in [5, 5.41) is 0. The molecule has 0 N–H and O–H groups in total. The highest BCUT2D eigenvalue weighted by molar-refractivity contribution is 5.94. The summed E-state index contributed by atoms with van der Waals surface area (Å²) < 4.78 is 24.8. The second-order valence-corrected chi connectivity index (χ2v) is 9.05. The molecular weight excluding hydrogens is 423 g/mol. The fourth-order valence-corrected chi connectivity index (χ4v) is 4.89. The van der Waals surface area contributed by atoms with Crippen LogP contribution >= 0.6 is 0 Å². The van der Waals surface area contributed by atoms with Gasteiger partial charge in [0.1, 0.15) is 18.2 Å². The van der Waals surface area contributed by atoms with E-state index in [1.807, 2.05) is 17.0 Å². The Labute approximate surface area is 194 Å². The third kappa shape index (κ3) is 4.74. The van der Waals surface area contributed by atoms with E-state index in [0.29, 0.717) is 48.1 Å². The van der Waals surface area contributed by atoms with Gasteiger partial charge < -0.3 is 14.4 Å². The maximum Gasteiger partial charge on any atom is 0.338 e. The smallest absolute Gasteiger partial charge is 0.338 e. The standard InChI is InChI=1S/C26H31FN2O4/c1-16-11-23(27)19(12-24(16)32-4)13-25(30)29-9-7-28(8-10-29)14-17(2)20-5-6-21-22(18(20)3)15-33-26(21)31/h5-6,11-12,17H,7-10,13-15H2,1-4H3. The van der Waals surface area contributed by atoms with Crippen LogP contribution < -0.4 is 4.74 Å². The van der Waals surface area contributed by atoms with E-state index in [2.05, 4.69) is 18.7 Å². The number of esters is 1. The largest absolute Gasteiger partial charge is 0.496 e. The zero-order valence-corrected chi connectivity index (χ0v) is 19.7. The van der Waals surface area contributed by atoms with Crippen LogP contribution in [0.2, 0.25) is 0 Å². The average molecular weight is 455 g/mol. The summed E-state index contributed by atoms with van der Waals surface area (Å²) >= 11 is 0. The molecular formula is C26H31FN2O4. The SMILES string of the molecule is COc1cc(CC(=O)N2CCN(CC(C)c3ccc4c(c3C)COC4=O)CC2)c(F)cc1C. The third-order valence-corrected chi connectivity index (χ3v) is 6.90. The van der Waals surface area contributed by atoms with Crippen LogP contribution in [0.1, 0.15) is 51.0 Å². The lowest BCUT2D eigenvalue weighted by Crippen LogP contribution is -2.49. The molecule has 2 aliphatic heterocycles. The van der Waals surface area contributed by atoms with Crippen LogP contribution in [-0.4, -0.2) is 61.5 Å². The van der Waals surface area contributed by atoms with E-state index in [0.717, 1.165) is 30.8 Å². The van der Waals surface area contributed by atoms with Gasteiger partial charge >= 0.3 is 5.97 Å².